The van der Waals surface area contributed by atoms with Crippen LogP contribution in [-0.2, 0) is 9.53 Å². The molecule has 0 heterocycles. The fraction of sp³-hybridized carbons (Fsp3) is 0.889. The summed E-state index contributed by atoms with van der Waals surface area (Å²) in [5, 5.41) is 3.01. The van der Waals surface area contributed by atoms with Gasteiger partial charge in [0.25, 0.3) is 0 Å². The molecule has 0 radical (unpaired) electrons. The van der Waals surface area contributed by atoms with E-state index in [0.717, 1.165) is 12.2 Å². The molecule has 0 aromatic rings. The molecule has 4 heteroatoms. The van der Waals surface area contributed by atoms with Gasteiger partial charge in [0.1, 0.15) is 5.54 Å². The molecule has 0 fully saturated rings. The first-order chi connectivity index (χ1) is 6.10. The molecule has 78 valence electrons. The molecule has 0 aliphatic rings. The van der Waals surface area contributed by atoms with Crippen LogP contribution in [0.5, 0.6) is 0 Å². The summed E-state index contributed by atoms with van der Waals surface area (Å²) in [4.78, 5) is 11.5. The highest BCUT2D eigenvalue weighted by Gasteiger charge is 2.31. The number of hydrogen-bond donors (Lipinski definition) is 1. The van der Waals surface area contributed by atoms with E-state index in [-0.39, 0.29) is 5.97 Å². The molecule has 0 aliphatic heterocycles. The highest BCUT2D eigenvalue weighted by molar-refractivity contribution is 7.98. The molecule has 0 aromatic carbocycles. The van der Waals surface area contributed by atoms with Gasteiger partial charge in [-0.25, -0.2) is 0 Å². The van der Waals surface area contributed by atoms with E-state index in [2.05, 4.69) is 5.32 Å². The van der Waals surface area contributed by atoms with Crippen LogP contribution in [-0.4, -0.2) is 37.2 Å². The fourth-order valence-electron chi connectivity index (χ4n) is 0.926. The lowest BCUT2D eigenvalue weighted by Gasteiger charge is -2.26. The van der Waals surface area contributed by atoms with Crippen LogP contribution >= 0.6 is 11.8 Å². The third-order valence-corrected chi connectivity index (χ3v) is 2.70. The molecule has 3 nitrogen and oxygen atoms in total. The minimum Gasteiger partial charge on any atom is -0.465 e. The van der Waals surface area contributed by atoms with Gasteiger partial charge in [-0.2, -0.15) is 11.8 Å². The first-order valence-electron chi connectivity index (χ1n) is 4.45. The van der Waals surface area contributed by atoms with Crippen molar-refractivity contribution in [1.29, 1.82) is 0 Å². The number of thioether (sulfide) groups is 1. The minimum absolute atomic E-state index is 0.161. The van der Waals surface area contributed by atoms with Crippen LogP contribution in [0.4, 0.5) is 0 Å². The second-order valence-electron chi connectivity index (χ2n) is 3.05. The maximum Gasteiger partial charge on any atom is 0.326 e. The summed E-state index contributed by atoms with van der Waals surface area (Å²) < 4.78 is 4.98. The van der Waals surface area contributed by atoms with Gasteiger partial charge in [0.2, 0.25) is 0 Å². The van der Waals surface area contributed by atoms with Crippen molar-refractivity contribution in [3.05, 3.63) is 0 Å². The van der Waals surface area contributed by atoms with E-state index in [0.29, 0.717) is 6.61 Å². The summed E-state index contributed by atoms with van der Waals surface area (Å²) in [5.74, 6) is 0.794. The van der Waals surface area contributed by atoms with Gasteiger partial charge in [-0.3, -0.25) is 4.79 Å². The van der Waals surface area contributed by atoms with Crippen LogP contribution in [0, 0.1) is 0 Å². The lowest BCUT2D eigenvalue weighted by molar-refractivity contribution is -0.150. The van der Waals surface area contributed by atoms with E-state index in [1.165, 1.54) is 0 Å². The smallest absolute Gasteiger partial charge is 0.326 e. The van der Waals surface area contributed by atoms with Crippen LogP contribution in [0.3, 0.4) is 0 Å². The van der Waals surface area contributed by atoms with Crippen molar-refractivity contribution >= 4 is 17.7 Å². The second kappa shape index (κ2) is 6.27. The zero-order chi connectivity index (χ0) is 10.3. The number of carbonyl (C=O) groups excluding carboxylic acids is 1. The maximum atomic E-state index is 11.5. The normalized spacial score (nSPS) is 15.1. The van der Waals surface area contributed by atoms with E-state index in [4.69, 9.17) is 4.74 Å². The Bertz CT molecular complexity index is 164. The van der Waals surface area contributed by atoms with E-state index in [9.17, 15) is 4.79 Å². The first kappa shape index (κ1) is 12.8. The number of ether oxygens (including phenoxy) is 1. The van der Waals surface area contributed by atoms with Gasteiger partial charge in [-0.1, -0.05) is 0 Å². The van der Waals surface area contributed by atoms with E-state index >= 15 is 0 Å². The number of carbonyl (C=O) groups is 1. The molecular weight excluding hydrogens is 186 g/mol. The van der Waals surface area contributed by atoms with Crippen molar-refractivity contribution in [2.75, 3.05) is 25.7 Å². The summed E-state index contributed by atoms with van der Waals surface area (Å²) in [5.41, 5.74) is -0.529. The third-order valence-electron chi connectivity index (χ3n) is 2.08. The Morgan fingerprint density at radius 3 is 2.62 bits per heavy atom. The lowest BCUT2D eigenvalue weighted by atomic mass is 10.00. The number of likely N-dealkylation sites (N-methyl/N-ethyl adjacent to an activating group) is 1. The lowest BCUT2D eigenvalue weighted by Crippen LogP contribution is -2.49. The molecule has 0 rings (SSSR count). The Balaban J connectivity index is 4.16. The average Bonchev–Trinajstić information content (AvgIpc) is 2.14. The third kappa shape index (κ3) is 4.00. The predicted molar refractivity (Wildman–Crippen MR) is 57.1 cm³/mol. The Morgan fingerprint density at radius 1 is 1.62 bits per heavy atom. The summed E-state index contributed by atoms with van der Waals surface area (Å²) in [6.45, 7) is 4.14. The summed E-state index contributed by atoms with van der Waals surface area (Å²) in [6, 6.07) is 0. The Hall–Kier alpha value is -0.220. The minimum atomic E-state index is -0.529. The summed E-state index contributed by atoms with van der Waals surface area (Å²) >= 11 is 1.73. The average molecular weight is 205 g/mol. The highest BCUT2D eigenvalue weighted by Crippen LogP contribution is 2.14. The zero-order valence-corrected chi connectivity index (χ0v) is 9.66. The molecule has 0 aromatic heterocycles. The molecule has 0 saturated carbocycles. The van der Waals surface area contributed by atoms with Gasteiger partial charge in [0.05, 0.1) is 6.61 Å². The Kier molecular flexibility index (Phi) is 6.16. The summed E-state index contributed by atoms with van der Waals surface area (Å²) in [6.07, 6.45) is 2.82. The number of esters is 1. The molecule has 0 saturated heterocycles. The van der Waals surface area contributed by atoms with Gasteiger partial charge in [-0.05, 0) is 39.3 Å². The van der Waals surface area contributed by atoms with Crippen molar-refractivity contribution in [2.45, 2.75) is 25.8 Å². The molecule has 0 aliphatic carbocycles. The van der Waals surface area contributed by atoms with Crippen LogP contribution in [0.15, 0.2) is 0 Å². The van der Waals surface area contributed by atoms with Gasteiger partial charge < -0.3 is 10.1 Å². The van der Waals surface area contributed by atoms with Crippen molar-refractivity contribution in [2.24, 2.45) is 0 Å². The summed E-state index contributed by atoms with van der Waals surface area (Å²) in [7, 11) is 1.79. The van der Waals surface area contributed by atoms with Gasteiger partial charge in [-0.15, -0.1) is 0 Å². The molecule has 0 spiro atoms. The largest absolute Gasteiger partial charge is 0.465 e. The second-order valence-corrected chi connectivity index (χ2v) is 4.03. The van der Waals surface area contributed by atoms with Crippen LogP contribution in [0.1, 0.15) is 20.3 Å². The SMILES string of the molecule is CCOC(=O)C(C)(CCSC)NC. The van der Waals surface area contributed by atoms with Crippen LogP contribution in [0.2, 0.25) is 0 Å². The van der Waals surface area contributed by atoms with Crippen molar-refractivity contribution in [3.63, 3.8) is 0 Å². The Morgan fingerprint density at radius 2 is 2.23 bits per heavy atom. The van der Waals surface area contributed by atoms with Crippen LogP contribution in [0.25, 0.3) is 0 Å². The van der Waals surface area contributed by atoms with E-state index in [1.807, 2.05) is 20.1 Å². The van der Waals surface area contributed by atoms with Gasteiger partial charge >= 0.3 is 5.97 Å². The quantitative estimate of drug-likeness (QED) is 0.663. The monoisotopic (exact) mass is 205 g/mol. The van der Waals surface area contributed by atoms with E-state index < -0.39 is 5.54 Å². The highest BCUT2D eigenvalue weighted by atomic mass is 32.2. The molecule has 1 atom stereocenters. The Labute approximate surface area is 84.6 Å². The molecule has 1 unspecified atom stereocenters. The van der Waals surface area contributed by atoms with Crippen LogP contribution < -0.4 is 5.32 Å². The first-order valence-corrected chi connectivity index (χ1v) is 5.85. The van der Waals surface area contributed by atoms with Crippen molar-refractivity contribution in [1.82, 2.24) is 5.32 Å². The maximum absolute atomic E-state index is 11.5. The fourth-order valence-corrected chi connectivity index (χ4v) is 1.54. The molecular formula is C9H19NO2S. The predicted octanol–water partition coefficient (Wildman–Crippen LogP) is 1.28. The molecule has 13 heavy (non-hydrogen) atoms. The number of rotatable bonds is 6. The van der Waals surface area contributed by atoms with Crippen molar-refractivity contribution in [3.8, 4) is 0 Å². The topological polar surface area (TPSA) is 38.3 Å². The zero-order valence-electron chi connectivity index (χ0n) is 8.85. The van der Waals surface area contributed by atoms with Gasteiger partial charge in [0.15, 0.2) is 0 Å². The van der Waals surface area contributed by atoms with Crippen molar-refractivity contribution < 1.29 is 9.53 Å². The van der Waals surface area contributed by atoms with Gasteiger partial charge in [0, 0.05) is 0 Å². The standard InChI is InChI=1S/C9H19NO2S/c1-5-12-8(11)9(2,10-3)6-7-13-4/h10H,5-7H2,1-4H3. The molecule has 0 bridgehead atoms. The van der Waals surface area contributed by atoms with E-state index in [1.54, 1.807) is 18.8 Å². The number of hydrogen-bond acceptors (Lipinski definition) is 4. The molecule has 1 N–H and O–H groups in total. The molecule has 0 amide bonds. The number of nitrogens with one attached hydrogen (secondary N) is 1.